The van der Waals surface area contributed by atoms with Gasteiger partial charge in [-0.25, -0.2) is 0 Å². The smallest absolute Gasteiger partial charge is 0.220 e. The molecule has 4 N–H and O–H groups in total. The summed E-state index contributed by atoms with van der Waals surface area (Å²) in [4.78, 5) is 11.3. The fourth-order valence-corrected chi connectivity index (χ4v) is 1.17. The van der Waals surface area contributed by atoms with E-state index < -0.39 is 0 Å². The maximum absolute atomic E-state index is 11.3. The van der Waals surface area contributed by atoms with Gasteiger partial charge in [0, 0.05) is 13.0 Å². The lowest BCUT2D eigenvalue weighted by Gasteiger charge is -2.10. The van der Waals surface area contributed by atoms with Gasteiger partial charge in [-0.1, -0.05) is 13.8 Å². The predicted octanol–water partition coefficient (Wildman–Crippen LogP) is 0.639. The Morgan fingerprint density at radius 3 is 2.67 bits per heavy atom. The van der Waals surface area contributed by atoms with E-state index in [0.717, 1.165) is 12.8 Å². The van der Waals surface area contributed by atoms with Crippen LogP contribution in [0.15, 0.2) is 0 Å². The molecule has 0 saturated carbocycles. The Morgan fingerprint density at radius 1 is 1.47 bits per heavy atom. The van der Waals surface area contributed by atoms with Gasteiger partial charge >= 0.3 is 0 Å². The van der Waals surface area contributed by atoms with Crippen molar-refractivity contribution < 1.29 is 9.90 Å². The molecule has 4 nitrogen and oxygen atoms in total. The van der Waals surface area contributed by atoms with Gasteiger partial charge in [0.25, 0.3) is 0 Å². The molecule has 2 unspecified atom stereocenters. The average Bonchev–Trinajstić information content (AvgIpc) is 2.25. The molecule has 0 rings (SSSR count). The number of hydrogen-bond acceptors (Lipinski definition) is 3. The molecule has 2 atom stereocenters. The summed E-state index contributed by atoms with van der Waals surface area (Å²) in [5.74, 6) is 0.454. The Hall–Kier alpha value is -0.610. The molecule has 0 aromatic rings. The van der Waals surface area contributed by atoms with E-state index in [-0.39, 0.29) is 12.0 Å². The lowest BCUT2D eigenvalue weighted by atomic mass is 10.1. The zero-order valence-corrected chi connectivity index (χ0v) is 9.83. The zero-order chi connectivity index (χ0) is 11.7. The second-order valence-electron chi connectivity index (χ2n) is 4.08. The van der Waals surface area contributed by atoms with Crippen molar-refractivity contribution in [1.29, 1.82) is 0 Å². The summed E-state index contributed by atoms with van der Waals surface area (Å²) in [5, 5.41) is 12.0. The Bertz CT molecular complexity index is 174. The fraction of sp³-hybridized carbons (Fsp3) is 0.909. The number of aliphatic hydroxyl groups is 1. The van der Waals surface area contributed by atoms with Crippen LogP contribution in [-0.2, 0) is 4.79 Å². The third kappa shape index (κ3) is 8.39. The van der Waals surface area contributed by atoms with Crippen LogP contribution in [0.4, 0.5) is 0 Å². The standard InChI is InChI=1S/C11H24N2O2/c1-3-10(14)6-7-13-11(15)5-4-9(2)8-12/h9-10,14H,3-8,12H2,1-2H3,(H,13,15). The van der Waals surface area contributed by atoms with Crippen molar-refractivity contribution in [3.05, 3.63) is 0 Å². The number of amides is 1. The van der Waals surface area contributed by atoms with E-state index in [4.69, 9.17) is 5.73 Å². The maximum atomic E-state index is 11.3. The molecule has 0 fully saturated rings. The number of carbonyl (C=O) groups is 1. The minimum atomic E-state index is -0.298. The van der Waals surface area contributed by atoms with Gasteiger partial charge < -0.3 is 16.2 Å². The number of aliphatic hydroxyl groups excluding tert-OH is 1. The third-order valence-electron chi connectivity index (χ3n) is 2.54. The van der Waals surface area contributed by atoms with Gasteiger partial charge in [-0.2, -0.15) is 0 Å². The van der Waals surface area contributed by atoms with Crippen molar-refractivity contribution in [1.82, 2.24) is 5.32 Å². The van der Waals surface area contributed by atoms with Gasteiger partial charge in [-0.15, -0.1) is 0 Å². The van der Waals surface area contributed by atoms with E-state index in [1.165, 1.54) is 0 Å². The topological polar surface area (TPSA) is 75.3 Å². The summed E-state index contributed by atoms with van der Waals surface area (Å²) in [6.45, 7) is 5.15. The van der Waals surface area contributed by atoms with Crippen LogP contribution in [0.25, 0.3) is 0 Å². The van der Waals surface area contributed by atoms with Gasteiger partial charge in [0.05, 0.1) is 6.10 Å². The molecule has 0 aliphatic rings. The van der Waals surface area contributed by atoms with E-state index in [2.05, 4.69) is 5.32 Å². The van der Waals surface area contributed by atoms with Crippen LogP contribution < -0.4 is 11.1 Å². The molecule has 0 aliphatic heterocycles. The average molecular weight is 216 g/mol. The van der Waals surface area contributed by atoms with Gasteiger partial charge in [0.1, 0.15) is 0 Å². The first-order chi connectivity index (χ1) is 7.10. The second kappa shape index (κ2) is 8.68. The summed E-state index contributed by atoms with van der Waals surface area (Å²) < 4.78 is 0. The summed E-state index contributed by atoms with van der Waals surface area (Å²) in [6.07, 6.45) is 2.43. The predicted molar refractivity (Wildman–Crippen MR) is 61.4 cm³/mol. The zero-order valence-electron chi connectivity index (χ0n) is 9.83. The molecule has 4 heteroatoms. The van der Waals surface area contributed by atoms with Crippen LogP contribution in [0.3, 0.4) is 0 Å². The van der Waals surface area contributed by atoms with Crippen LogP contribution in [0.1, 0.15) is 39.5 Å². The maximum Gasteiger partial charge on any atom is 0.220 e. The van der Waals surface area contributed by atoms with Crippen LogP contribution in [0, 0.1) is 5.92 Å². The Labute approximate surface area is 92.2 Å². The summed E-state index contributed by atoms with van der Waals surface area (Å²) in [6, 6.07) is 0. The Kier molecular flexibility index (Phi) is 8.33. The summed E-state index contributed by atoms with van der Waals surface area (Å²) >= 11 is 0. The third-order valence-corrected chi connectivity index (χ3v) is 2.54. The number of carbonyl (C=O) groups excluding carboxylic acids is 1. The molecule has 0 spiro atoms. The van der Waals surface area contributed by atoms with E-state index in [1.54, 1.807) is 0 Å². The number of rotatable bonds is 8. The molecule has 0 saturated heterocycles. The van der Waals surface area contributed by atoms with Gasteiger partial charge in [0.15, 0.2) is 0 Å². The van der Waals surface area contributed by atoms with E-state index in [1.807, 2.05) is 13.8 Å². The highest BCUT2D eigenvalue weighted by Crippen LogP contribution is 2.02. The summed E-state index contributed by atoms with van der Waals surface area (Å²) in [7, 11) is 0. The number of hydrogen-bond donors (Lipinski definition) is 3. The minimum Gasteiger partial charge on any atom is -0.393 e. The molecule has 0 heterocycles. The van der Waals surface area contributed by atoms with Crippen molar-refractivity contribution >= 4 is 5.91 Å². The van der Waals surface area contributed by atoms with Crippen LogP contribution >= 0.6 is 0 Å². The molecule has 15 heavy (non-hydrogen) atoms. The Morgan fingerprint density at radius 2 is 2.13 bits per heavy atom. The van der Waals surface area contributed by atoms with Gasteiger partial charge in [-0.05, 0) is 31.7 Å². The van der Waals surface area contributed by atoms with E-state index in [9.17, 15) is 9.90 Å². The molecule has 90 valence electrons. The number of nitrogens with one attached hydrogen (secondary N) is 1. The Balaban J connectivity index is 3.41. The lowest BCUT2D eigenvalue weighted by molar-refractivity contribution is -0.121. The van der Waals surface area contributed by atoms with Crippen LogP contribution in [-0.4, -0.2) is 30.2 Å². The van der Waals surface area contributed by atoms with E-state index >= 15 is 0 Å². The van der Waals surface area contributed by atoms with Gasteiger partial charge in [-0.3, -0.25) is 4.79 Å². The normalized spacial score (nSPS) is 14.7. The molecular formula is C11H24N2O2. The second-order valence-corrected chi connectivity index (χ2v) is 4.08. The number of nitrogens with two attached hydrogens (primary N) is 1. The monoisotopic (exact) mass is 216 g/mol. The molecule has 0 aromatic heterocycles. The molecular weight excluding hydrogens is 192 g/mol. The van der Waals surface area contributed by atoms with Crippen molar-refractivity contribution in [2.75, 3.05) is 13.1 Å². The van der Waals surface area contributed by atoms with Crippen molar-refractivity contribution in [2.45, 2.75) is 45.6 Å². The van der Waals surface area contributed by atoms with Gasteiger partial charge in [0.2, 0.25) is 5.91 Å². The van der Waals surface area contributed by atoms with Crippen LogP contribution in [0.5, 0.6) is 0 Å². The SMILES string of the molecule is CCC(O)CCNC(=O)CCC(C)CN. The highest BCUT2D eigenvalue weighted by Gasteiger charge is 2.06. The molecule has 0 aliphatic carbocycles. The molecule has 1 amide bonds. The minimum absolute atomic E-state index is 0.0543. The van der Waals surface area contributed by atoms with Crippen molar-refractivity contribution in [3.8, 4) is 0 Å². The summed E-state index contributed by atoms with van der Waals surface area (Å²) in [5.41, 5.74) is 5.45. The largest absolute Gasteiger partial charge is 0.393 e. The molecule has 0 radical (unpaired) electrons. The highest BCUT2D eigenvalue weighted by molar-refractivity contribution is 5.75. The molecule has 0 aromatic carbocycles. The quantitative estimate of drug-likeness (QED) is 0.557. The van der Waals surface area contributed by atoms with Crippen LogP contribution in [0.2, 0.25) is 0 Å². The van der Waals surface area contributed by atoms with Crippen molar-refractivity contribution in [2.24, 2.45) is 11.7 Å². The fourth-order valence-electron chi connectivity index (χ4n) is 1.17. The van der Waals surface area contributed by atoms with E-state index in [0.29, 0.717) is 31.8 Å². The first kappa shape index (κ1) is 14.4. The first-order valence-electron chi connectivity index (χ1n) is 5.75. The first-order valence-corrected chi connectivity index (χ1v) is 5.75. The molecule has 0 bridgehead atoms. The lowest BCUT2D eigenvalue weighted by Crippen LogP contribution is -2.27. The highest BCUT2D eigenvalue weighted by atomic mass is 16.3. The van der Waals surface area contributed by atoms with Crippen molar-refractivity contribution in [3.63, 3.8) is 0 Å².